The smallest absolute Gasteiger partial charge is 0.416 e. The van der Waals surface area contributed by atoms with Gasteiger partial charge in [0.2, 0.25) is 17.1 Å². The number of carboxylic acid groups (broad SMARTS) is 1. The predicted octanol–water partition coefficient (Wildman–Crippen LogP) is 5.55. The molecule has 5 rings (SSSR count). The van der Waals surface area contributed by atoms with E-state index in [1.165, 1.54) is 29.0 Å². The third-order valence-electron chi connectivity index (χ3n) is 5.96. The number of rotatable bonds is 6. The molecule has 0 bridgehead atoms. The summed E-state index contributed by atoms with van der Waals surface area (Å²) in [4.78, 5) is 29.2. The van der Waals surface area contributed by atoms with Crippen molar-refractivity contribution in [3.05, 3.63) is 117 Å². The molecule has 0 fully saturated rings. The Morgan fingerprint density at radius 2 is 1.79 bits per heavy atom. The van der Waals surface area contributed by atoms with Crippen molar-refractivity contribution >= 4 is 16.9 Å². The van der Waals surface area contributed by atoms with Gasteiger partial charge in [0.05, 0.1) is 35.2 Å². The lowest BCUT2D eigenvalue weighted by Crippen LogP contribution is -2.15. The van der Waals surface area contributed by atoms with Crippen LogP contribution in [0.15, 0.2) is 82.2 Å². The zero-order valence-electron chi connectivity index (χ0n) is 19.4. The standard InChI is InChI=1S/C27H17F4N3O4/c28-21-12-18(27(29,30)31)8-6-17(21)13-34-14-20(24(35)19-11-16(26(36)37)7-9-22(19)34)25-32-23(38-33-25)10-15-4-2-1-3-5-15/h1-9,11-12,14H,10,13H2,(H,36,37). The van der Waals surface area contributed by atoms with Gasteiger partial charge in [-0.05, 0) is 35.9 Å². The SMILES string of the molecule is O=C(O)c1ccc2c(c1)c(=O)c(-c1noc(Cc3ccccc3)n1)cn2Cc1ccc(C(F)(F)F)cc1F. The van der Waals surface area contributed by atoms with Crippen molar-refractivity contribution in [3.8, 4) is 11.4 Å². The van der Waals surface area contributed by atoms with Crippen LogP contribution in [0.5, 0.6) is 0 Å². The molecule has 5 aromatic rings. The average Bonchev–Trinajstić information content (AvgIpc) is 3.34. The molecule has 38 heavy (non-hydrogen) atoms. The molecule has 0 saturated heterocycles. The van der Waals surface area contributed by atoms with Crippen LogP contribution < -0.4 is 5.43 Å². The Morgan fingerprint density at radius 1 is 1.03 bits per heavy atom. The second-order valence-electron chi connectivity index (χ2n) is 8.51. The molecule has 0 unspecified atom stereocenters. The van der Waals surface area contributed by atoms with Gasteiger partial charge in [-0.2, -0.15) is 18.2 Å². The van der Waals surface area contributed by atoms with Crippen molar-refractivity contribution < 1.29 is 32.0 Å². The highest BCUT2D eigenvalue weighted by Gasteiger charge is 2.31. The molecule has 0 atom stereocenters. The molecule has 1 N–H and O–H groups in total. The van der Waals surface area contributed by atoms with Gasteiger partial charge in [0.15, 0.2) is 0 Å². The molecule has 0 spiro atoms. The zero-order chi connectivity index (χ0) is 27.0. The Kier molecular flexibility index (Phi) is 6.27. The number of fused-ring (bicyclic) bond motifs is 1. The van der Waals surface area contributed by atoms with Crippen LogP contribution >= 0.6 is 0 Å². The quantitative estimate of drug-likeness (QED) is 0.293. The fraction of sp³-hybridized carbons (Fsp3) is 0.111. The van der Waals surface area contributed by atoms with Gasteiger partial charge in [0.1, 0.15) is 5.82 Å². The third-order valence-corrected chi connectivity index (χ3v) is 5.96. The van der Waals surface area contributed by atoms with E-state index in [0.29, 0.717) is 12.5 Å². The number of aromatic carboxylic acids is 1. The Labute approximate surface area is 211 Å². The molecule has 192 valence electrons. The van der Waals surface area contributed by atoms with Crippen LogP contribution in [0.25, 0.3) is 22.3 Å². The van der Waals surface area contributed by atoms with Crippen LogP contribution in [-0.2, 0) is 19.1 Å². The molecule has 0 amide bonds. The van der Waals surface area contributed by atoms with E-state index in [1.54, 1.807) is 0 Å². The first-order valence-corrected chi connectivity index (χ1v) is 11.2. The molecule has 0 aliphatic carbocycles. The number of alkyl halides is 3. The monoisotopic (exact) mass is 523 g/mol. The normalized spacial score (nSPS) is 11.7. The van der Waals surface area contributed by atoms with E-state index in [4.69, 9.17) is 4.52 Å². The maximum Gasteiger partial charge on any atom is 0.416 e. The number of halogens is 4. The molecule has 0 aliphatic heterocycles. The van der Waals surface area contributed by atoms with Crippen molar-refractivity contribution in [1.82, 2.24) is 14.7 Å². The molecular weight excluding hydrogens is 506 g/mol. The number of aromatic nitrogens is 3. The molecule has 0 aliphatic rings. The van der Waals surface area contributed by atoms with Gasteiger partial charge in [0, 0.05) is 17.1 Å². The van der Waals surface area contributed by atoms with Crippen LogP contribution in [0, 0.1) is 5.82 Å². The van der Waals surface area contributed by atoms with E-state index < -0.39 is 29.0 Å². The molecule has 2 aromatic heterocycles. The Hall–Kier alpha value is -4.80. The van der Waals surface area contributed by atoms with Crippen molar-refractivity contribution in [3.63, 3.8) is 0 Å². The van der Waals surface area contributed by atoms with Crippen LogP contribution in [0.4, 0.5) is 17.6 Å². The highest BCUT2D eigenvalue weighted by atomic mass is 19.4. The zero-order valence-corrected chi connectivity index (χ0v) is 19.4. The summed E-state index contributed by atoms with van der Waals surface area (Å²) in [5, 5.41) is 13.3. The second kappa shape index (κ2) is 9.58. The van der Waals surface area contributed by atoms with E-state index in [1.807, 2.05) is 30.3 Å². The number of pyridine rings is 1. The van der Waals surface area contributed by atoms with E-state index in [2.05, 4.69) is 10.1 Å². The lowest BCUT2D eigenvalue weighted by atomic mass is 10.1. The van der Waals surface area contributed by atoms with Gasteiger partial charge in [-0.1, -0.05) is 41.6 Å². The summed E-state index contributed by atoms with van der Waals surface area (Å²) in [6.45, 7) is -0.255. The van der Waals surface area contributed by atoms with Crippen molar-refractivity contribution in [1.29, 1.82) is 0 Å². The first-order valence-electron chi connectivity index (χ1n) is 11.2. The lowest BCUT2D eigenvalue weighted by Gasteiger charge is -2.15. The van der Waals surface area contributed by atoms with Crippen molar-refractivity contribution in [2.75, 3.05) is 0 Å². The summed E-state index contributed by atoms with van der Waals surface area (Å²) in [7, 11) is 0. The lowest BCUT2D eigenvalue weighted by molar-refractivity contribution is -0.137. The van der Waals surface area contributed by atoms with Gasteiger partial charge >= 0.3 is 12.1 Å². The highest BCUT2D eigenvalue weighted by Crippen LogP contribution is 2.31. The average molecular weight is 523 g/mol. The molecular formula is C27H17F4N3O4. The van der Waals surface area contributed by atoms with Gasteiger partial charge in [0.25, 0.3) is 0 Å². The number of hydrogen-bond acceptors (Lipinski definition) is 5. The fourth-order valence-corrected chi connectivity index (χ4v) is 4.06. The number of benzene rings is 3. The Bertz CT molecular complexity index is 1730. The minimum absolute atomic E-state index is 0.0101. The van der Waals surface area contributed by atoms with Gasteiger partial charge in [-0.15, -0.1) is 0 Å². The number of carbonyl (C=O) groups is 1. The van der Waals surface area contributed by atoms with Gasteiger partial charge in [-0.3, -0.25) is 4.79 Å². The summed E-state index contributed by atoms with van der Waals surface area (Å²) in [6.07, 6.45) is -3.06. The summed E-state index contributed by atoms with van der Waals surface area (Å²) < 4.78 is 60.3. The minimum Gasteiger partial charge on any atom is -0.478 e. The Morgan fingerprint density at radius 3 is 2.47 bits per heavy atom. The molecule has 11 heteroatoms. The maximum absolute atomic E-state index is 14.7. The second-order valence-corrected chi connectivity index (χ2v) is 8.51. The molecule has 0 radical (unpaired) electrons. The molecule has 3 aromatic carbocycles. The summed E-state index contributed by atoms with van der Waals surface area (Å²) >= 11 is 0. The van der Waals surface area contributed by atoms with E-state index in [0.717, 1.165) is 17.7 Å². The minimum atomic E-state index is -4.71. The molecule has 0 saturated carbocycles. The third kappa shape index (κ3) is 4.90. The van der Waals surface area contributed by atoms with Crippen LogP contribution in [-0.4, -0.2) is 25.8 Å². The van der Waals surface area contributed by atoms with Crippen LogP contribution in [0.3, 0.4) is 0 Å². The number of carboxylic acids is 1. The summed E-state index contributed by atoms with van der Waals surface area (Å²) in [5.74, 6) is -2.18. The van der Waals surface area contributed by atoms with E-state index >= 15 is 0 Å². The summed E-state index contributed by atoms with van der Waals surface area (Å²) in [6, 6.07) is 15.3. The van der Waals surface area contributed by atoms with Crippen LogP contribution in [0.1, 0.15) is 32.9 Å². The number of nitrogens with zero attached hydrogens (tertiary/aromatic N) is 3. The molecule has 2 heterocycles. The van der Waals surface area contributed by atoms with Crippen molar-refractivity contribution in [2.45, 2.75) is 19.1 Å². The van der Waals surface area contributed by atoms with Gasteiger partial charge < -0.3 is 14.2 Å². The van der Waals surface area contributed by atoms with E-state index in [-0.39, 0.29) is 45.9 Å². The van der Waals surface area contributed by atoms with Crippen molar-refractivity contribution in [2.24, 2.45) is 0 Å². The largest absolute Gasteiger partial charge is 0.478 e. The first kappa shape index (κ1) is 24.9. The Balaban J connectivity index is 1.61. The topological polar surface area (TPSA) is 98.2 Å². The van der Waals surface area contributed by atoms with E-state index in [9.17, 15) is 32.3 Å². The molecule has 7 nitrogen and oxygen atoms in total. The first-order chi connectivity index (χ1) is 18.1. The fourth-order valence-electron chi connectivity index (χ4n) is 4.06. The number of hydrogen-bond donors (Lipinski definition) is 1. The predicted molar refractivity (Wildman–Crippen MR) is 128 cm³/mol. The van der Waals surface area contributed by atoms with Gasteiger partial charge in [-0.25, -0.2) is 9.18 Å². The maximum atomic E-state index is 14.7. The highest BCUT2D eigenvalue weighted by molar-refractivity contribution is 5.94. The summed E-state index contributed by atoms with van der Waals surface area (Å²) in [5.41, 5.74) is -0.854. The van der Waals surface area contributed by atoms with Crippen LogP contribution in [0.2, 0.25) is 0 Å².